The molecular weight excluding hydrogens is 792 g/mol. The summed E-state index contributed by atoms with van der Waals surface area (Å²) in [5.41, 5.74) is 3.22. The highest BCUT2D eigenvalue weighted by Gasteiger charge is 2.50. The highest BCUT2D eigenvalue weighted by Crippen LogP contribution is 2.51. The van der Waals surface area contributed by atoms with Gasteiger partial charge in [-0.05, 0) is 22.3 Å². The third-order valence-corrected chi connectivity index (χ3v) is 9.79. The summed E-state index contributed by atoms with van der Waals surface area (Å²) < 4.78 is 61.2. The molecule has 0 bridgehead atoms. The van der Waals surface area contributed by atoms with E-state index in [1.807, 2.05) is 121 Å². The summed E-state index contributed by atoms with van der Waals surface area (Å²) in [5.74, 6) is 0. The molecule has 5 atom stereocenters. The van der Waals surface area contributed by atoms with Crippen molar-refractivity contribution in [1.29, 1.82) is 0 Å². The third kappa shape index (κ3) is 14.6. The van der Waals surface area contributed by atoms with Gasteiger partial charge in [0.15, 0.2) is 6.29 Å². The molecular formula is C40H43Cl3NO10P. The molecule has 0 radical (unpaired) electrons. The average Bonchev–Trinajstić information content (AvgIpc) is 3.20. The van der Waals surface area contributed by atoms with Crippen molar-refractivity contribution in [2.24, 2.45) is 0 Å². The normalized spacial score (nSPS) is 20.1. The SMILES string of the molecule is C=CCO[C@H]1O[C@H](COP(=O)(OCc2ccccc2)OCc2ccccc2)[C@@H](OCc2ccccc2)[C@H](OCc2ccccc2)[C@H]1NC(=O)OCC(Cl)(Cl)Cl. The fraction of sp³-hybridized carbons (Fsp3) is 0.325. The summed E-state index contributed by atoms with van der Waals surface area (Å²) in [6, 6.07) is 36.3. The zero-order valence-corrected chi connectivity index (χ0v) is 33.0. The molecule has 4 aromatic rings. The molecule has 1 N–H and O–H groups in total. The first kappa shape index (κ1) is 42.8. The Morgan fingerprint density at radius 1 is 0.691 bits per heavy atom. The molecule has 1 heterocycles. The van der Waals surface area contributed by atoms with Gasteiger partial charge in [-0.2, -0.15) is 0 Å². The molecule has 0 aromatic heterocycles. The predicted molar refractivity (Wildman–Crippen MR) is 209 cm³/mol. The van der Waals surface area contributed by atoms with E-state index in [0.29, 0.717) is 0 Å². The average molecular weight is 835 g/mol. The van der Waals surface area contributed by atoms with Gasteiger partial charge in [-0.1, -0.05) is 162 Å². The first-order chi connectivity index (χ1) is 26.6. The second kappa shape index (κ2) is 21.9. The Balaban J connectivity index is 1.46. The molecule has 1 aliphatic heterocycles. The van der Waals surface area contributed by atoms with Crippen LogP contribution < -0.4 is 5.32 Å². The van der Waals surface area contributed by atoms with Crippen LogP contribution in [0.1, 0.15) is 22.3 Å². The van der Waals surface area contributed by atoms with Gasteiger partial charge in [-0.15, -0.1) is 6.58 Å². The van der Waals surface area contributed by atoms with Crippen molar-refractivity contribution in [3.63, 3.8) is 0 Å². The quantitative estimate of drug-likeness (QED) is 0.0525. The number of benzene rings is 4. The summed E-state index contributed by atoms with van der Waals surface area (Å²) >= 11 is 17.6. The molecule has 0 saturated carbocycles. The van der Waals surface area contributed by atoms with E-state index in [4.69, 9.17) is 72.1 Å². The maximum Gasteiger partial charge on any atom is 0.475 e. The van der Waals surface area contributed by atoms with Gasteiger partial charge in [0.25, 0.3) is 0 Å². The van der Waals surface area contributed by atoms with Crippen LogP contribution in [-0.2, 0) is 68.2 Å². The highest BCUT2D eigenvalue weighted by molar-refractivity contribution is 7.48. The van der Waals surface area contributed by atoms with E-state index >= 15 is 0 Å². The number of hydrogen-bond donors (Lipinski definition) is 1. The molecule has 1 aliphatic rings. The number of phosphoric ester groups is 1. The maximum absolute atomic E-state index is 14.4. The first-order valence-electron chi connectivity index (χ1n) is 17.4. The van der Waals surface area contributed by atoms with Gasteiger partial charge >= 0.3 is 13.9 Å². The fourth-order valence-corrected chi connectivity index (χ4v) is 6.82. The van der Waals surface area contributed by atoms with Crippen molar-refractivity contribution in [2.75, 3.05) is 19.8 Å². The molecule has 294 valence electrons. The minimum absolute atomic E-state index is 0.0272. The van der Waals surface area contributed by atoms with Gasteiger partial charge in [-0.3, -0.25) is 13.6 Å². The number of halogens is 3. The van der Waals surface area contributed by atoms with E-state index in [1.165, 1.54) is 6.08 Å². The van der Waals surface area contributed by atoms with Crippen molar-refractivity contribution < 1.29 is 46.6 Å². The lowest BCUT2D eigenvalue weighted by atomic mass is 9.96. The maximum atomic E-state index is 14.4. The van der Waals surface area contributed by atoms with Crippen LogP contribution in [0.2, 0.25) is 0 Å². The molecule has 15 heteroatoms. The lowest BCUT2D eigenvalue weighted by Crippen LogP contribution is -2.66. The number of nitrogens with one attached hydrogen (secondary N) is 1. The molecule has 11 nitrogen and oxygen atoms in total. The van der Waals surface area contributed by atoms with Crippen molar-refractivity contribution in [2.45, 2.75) is 60.9 Å². The highest BCUT2D eigenvalue weighted by atomic mass is 35.6. The van der Waals surface area contributed by atoms with Crippen molar-refractivity contribution in [3.8, 4) is 0 Å². The van der Waals surface area contributed by atoms with Crippen LogP contribution >= 0.6 is 42.6 Å². The minimum atomic E-state index is -4.27. The standard InChI is InChI=1S/C40H43Cl3NO10P/c1-2-23-47-38-35(44-39(45)50-29-40(41,42)43)37(49-25-31-17-9-4-10-18-31)36(48-24-30-15-7-3-8-16-30)34(54-38)28-53-55(46,51-26-32-19-11-5-12-20-32)52-27-33-21-13-6-14-22-33/h2-22,34-38H,1,23-29H2,(H,44,45)/t34-,35-,36-,37-,38+/m1/s1. The van der Waals surface area contributed by atoms with Crippen molar-refractivity contribution in [3.05, 3.63) is 156 Å². The van der Waals surface area contributed by atoms with Crippen molar-refractivity contribution in [1.82, 2.24) is 5.32 Å². The summed E-state index contributed by atoms with van der Waals surface area (Å²) in [7, 11) is -4.27. The van der Waals surface area contributed by atoms with Crippen LogP contribution in [0.4, 0.5) is 4.79 Å². The van der Waals surface area contributed by atoms with E-state index < -0.39 is 55.0 Å². The fourth-order valence-electron chi connectivity index (χ4n) is 5.49. The molecule has 4 aromatic carbocycles. The molecule has 1 amide bonds. The van der Waals surface area contributed by atoms with Gasteiger partial charge in [0.1, 0.15) is 31.0 Å². The van der Waals surface area contributed by atoms with Gasteiger partial charge in [0, 0.05) is 0 Å². The Morgan fingerprint density at radius 2 is 1.15 bits per heavy atom. The zero-order chi connectivity index (χ0) is 38.9. The third-order valence-electron chi connectivity index (χ3n) is 8.11. The summed E-state index contributed by atoms with van der Waals surface area (Å²) in [6.07, 6.45) is -3.54. The smallest absolute Gasteiger partial charge is 0.445 e. The monoisotopic (exact) mass is 833 g/mol. The van der Waals surface area contributed by atoms with Gasteiger partial charge in [0.05, 0.1) is 39.6 Å². The minimum Gasteiger partial charge on any atom is -0.445 e. The molecule has 1 fully saturated rings. The molecule has 0 aliphatic carbocycles. The van der Waals surface area contributed by atoms with E-state index in [1.54, 1.807) is 0 Å². The molecule has 55 heavy (non-hydrogen) atoms. The van der Waals surface area contributed by atoms with Crippen LogP contribution in [0.3, 0.4) is 0 Å². The van der Waals surface area contributed by atoms with Crippen LogP contribution in [0.5, 0.6) is 0 Å². The van der Waals surface area contributed by atoms with E-state index in [0.717, 1.165) is 22.3 Å². The topological polar surface area (TPSA) is 120 Å². The Hall–Kier alpha value is -3.29. The van der Waals surface area contributed by atoms with Gasteiger partial charge < -0.3 is 29.0 Å². The molecule has 5 rings (SSSR count). The van der Waals surface area contributed by atoms with E-state index in [-0.39, 0.29) is 39.6 Å². The number of phosphoric acid groups is 1. The Morgan fingerprint density at radius 3 is 1.60 bits per heavy atom. The number of ether oxygens (including phenoxy) is 5. The van der Waals surface area contributed by atoms with Gasteiger partial charge in [-0.25, -0.2) is 9.36 Å². The lowest BCUT2D eigenvalue weighted by molar-refractivity contribution is -0.284. The Labute approximate surface area is 336 Å². The number of amides is 1. The van der Waals surface area contributed by atoms with Crippen LogP contribution in [0.25, 0.3) is 0 Å². The van der Waals surface area contributed by atoms with Crippen molar-refractivity contribution >= 4 is 48.7 Å². The zero-order valence-electron chi connectivity index (χ0n) is 29.8. The summed E-state index contributed by atoms with van der Waals surface area (Å²) in [4.78, 5) is 13.2. The number of carbonyl (C=O) groups excluding carboxylic acids is 1. The second-order valence-corrected chi connectivity index (χ2v) is 16.5. The lowest BCUT2D eigenvalue weighted by Gasteiger charge is -2.46. The van der Waals surface area contributed by atoms with E-state index in [2.05, 4.69) is 11.9 Å². The number of alkyl halides is 3. The largest absolute Gasteiger partial charge is 0.475 e. The predicted octanol–water partition coefficient (Wildman–Crippen LogP) is 9.11. The number of carbonyl (C=O) groups is 1. The molecule has 0 unspecified atom stereocenters. The molecule has 0 spiro atoms. The Kier molecular flexibility index (Phi) is 17.0. The molecule has 1 saturated heterocycles. The number of rotatable bonds is 20. The van der Waals surface area contributed by atoms with Crippen LogP contribution in [-0.4, -0.2) is 60.4 Å². The van der Waals surface area contributed by atoms with Crippen LogP contribution in [0, 0.1) is 0 Å². The Bertz CT molecular complexity index is 1730. The second-order valence-electron chi connectivity index (χ2n) is 12.3. The number of alkyl carbamates (subject to hydrolysis) is 1. The first-order valence-corrected chi connectivity index (χ1v) is 20.0. The number of hydrogen-bond acceptors (Lipinski definition) is 10. The van der Waals surface area contributed by atoms with Gasteiger partial charge in [0.2, 0.25) is 3.79 Å². The summed E-state index contributed by atoms with van der Waals surface area (Å²) in [6.45, 7) is 3.01. The van der Waals surface area contributed by atoms with Crippen LogP contribution in [0.15, 0.2) is 134 Å². The summed E-state index contributed by atoms with van der Waals surface area (Å²) in [5, 5.41) is 2.76. The van der Waals surface area contributed by atoms with E-state index in [9.17, 15) is 9.36 Å².